The monoisotopic (exact) mass is 509 g/mol. The first-order chi connectivity index (χ1) is 11.8. The lowest BCUT2D eigenvalue weighted by atomic mass is 10.2. The summed E-state index contributed by atoms with van der Waals surface area (Å²) in [6, 6.07) is 7.28. The number of thiazole rings is 1. The zero-order valence-electron chi connectivity index (χ0n) is 15.2. The molecule has 0 bridgehead atoms. The molecule has 0 spiro atoms. The van der Waals surface area contributed by atoms with E-state index in [1.807, 2.05) is 36.4 Å². The fourth-order valence-corrected chi connectivity index (χ4v) is 3.53. The van der Waals surface area contributed by atoms with Crippen LogP contribution in [0, 0.1) is 6.92 Å². The van der Waals surface area contributed by atoms with E-state index in [0.29, 0.717) is 24.7 Å². The van der Waals surface area contributed by atoms with Crippen molar-refractivity contribution in [2.75, 3.05) is 25.1 Å². The third kappa shape index (κ3) is 7.08. The number of benzene rings is 1. The van der Waals surface area contributed by atoms with Gasteiger partial charge in [0.15, 0.2) is 5.96 Å². The predicted octanol–water partition coefficient (Wildman–Crippen LogP) is 2.65. The average Bonchev–Trinajstić information content (AvgIpc) is 2.93. The highest BCUT2D eigenvalue weighted by Crippen LogP contribution is 2.16. The molecule has 2 rings (SSSR count). The zero-order chi connectivity index (χ0) is 18.4. The number of rotatable bonds is 6. The van der Waals surface area contributed by atoms with E-state index in [2.05, 4.69) is 20.0 Å². The van der Waals surface area contributed by atoms with Gasteiger partial charge in [0.05, 0.1) is 29.2 Å². The van der Waals surface area contributed by atoms with Gasteiger partial charge < -0.3 is 10.2 Å². The van der Waals surface area contributed by atoms with E-state index in [1.54, 1.807) is 30.5 Å². The number of aromatic nitrogens is 1. The van der Waals surface area contributed by atoms with E-state index in [4.69, 9.17) is 0 Å². The van der Waals surface area contributed by atoms with Crippen molar-refractivity contribution in [1.29, 1.82) is 0 Å². The number of aryl methyl sites for hydroxylation is 1. The Kier molecular flexibility index (Phi) is 8.77. The second-order valence-electron chi connectivity index (χ2n) is 5.65. The largest absolute Gasteiger partial charge is 0.352 e. The fraction of sp³-hybridized carbons (Fsp3) is 0.375. The smallest absolute Gasteiger partial charge is 0.229 e. The molecular weight excluding hydrogens is 485 g/mol. The fourth-order valence-electron chi connectivity index (χ4n) is 2.33. The van der Waals surface area contributed by atoms with Crippen LogP contribution in [0.1, 0.15) is 16.3 Å². The number of anilines is 1. The molecule has 0 fully saturated rings. The molecule has 0 radical (unpaired) electrons. The van der Waals surface area contributed by atoms with Gasteiger partial charge in [-0.25, -0.2) is 13.4 Å². The molecule has 0 saturated carbocycles. The number of aliphatic imine (C=N–C) groups is 1. The summed E-state index contributed by atoms with van der Waals surface area (Å²) in [7, 11) is 0.325. The number of hydrogen-bond acceptors (Lipinski definition) is 5. The van der Waals surface area contributed by atoms with E-state index in [1.165, 1.54) is 0 Å². The maximum Gasteiger partial charge on any atom is 0.229 e. The van der Waals surface area contributed by atoms with Crippen molar-refractivity contribution in [2.24, 2.45) is 4.99 Å². The molecule has 0 atom stereocenters. The summed E-state index contributed by atoms with van der Waals surface area (Å²) < 4.78 is 25.5. The van der Waals surface area contributed by atoms with E-state index >= 15 is 0 Å². The van der Waals surface area contributed by atoms with Crippen LogP contribution < -0.4 is 10.0 Å². The third-order valence-corrected chi connectivity index (χ3v) is 4.80. The Labute approximate surface area is 176 Å². The number of para-hydroxylation sites is 1. The number of guanidine groups is 1. The summed E-state index contributed by atoms with van der Waals surface area (Å²) >= 11 is 1.62. The third-order valence-electron chi connectivity index (χ3n) is 3.39. The molecule has 10 heteroatoms. The number of nitrogens with one attached hydrogen (secondary N) is 2. The summed E-state index contributed by atoms with van der Waals surface area (Å²) in [4.78, 5) is 10.7. The Bertz CT molecular complexity index is 852. The van der Waals surface area contributed by atoms with Gasteiger partial charge in [0.2, 0.25) is 10.0 Å². The molecule has 0 aliphatic rings. The van der Waals surface area contributed by atoms with Gasteiger partial charge in [-0.15, -0.1) is 35.3 Å². The molecule has 0 aliphatic carbocycles. The summed E-state index contributed by atoms with van der Waals surface area (Å²) in [6.07, 6.45) is 1.14. The maximum absolute atomic E-state index is 11.5. The van der Waals surface area contributed by atoms with Crippen LogP contribution in [0.2, 0.25) is 0 Å². The maximum atomic E-state index is 11.5. The molecule has 2 aromatic rings. The van der Waals surface area contributed by atoms with Crippen molar-refractivity contribution >= 4 is 57.0 Å². The molecule has 0 saturated heterocycles. The van der Waals surface area contributed by atoms with Crippen LogP contribution in [0.3, 0.4) is 0 Å². The van der Waals surface area contributed by atoms with Gasteiger partial charge in [0, 0.05) is 26.0 Å². The van der Waals surface area contributed by atoms with E-state index in [0.717, 1.165) is 22.5 Å². The molecule has 0 unspecified atom stereocenters. The lowest BCUT2D eigenvalue weighted by molar-refractivity contribution is 0.470. The van der Waals surface area contributed by atoms with Crippen LogP contribution in [-0.2, 0) is 23.1 Å². The molecule has 7 nitrogen and oxygen atoms in total. The first kappa shape index (κ1) is 22.6. The van der Waals surface area contributed by atoms with Gasteiger partial charge in [0.25, 0.3) is 0 Å². The summed E-state index contributed by atoms with van der Waals surface area (Å²) in [5.41, 5.74) is 2.39. The number of sulfonamides is 1. The first-order valence-electron chi connectivity index (χ1n) is 7.67. The van der Waals surface area contributed by atoms with E-state index < -0.39 is 10.0 Å². The quantitative estimate of drug-likeness (QED) is 0.355. The normalized spacial score (nSPS) is 11.6. The highest BCUT2D eigenvalue weighted by molar-refractivity contribution is 14.0. The Morgan fingerprint density at radius 1 is 1.35 bits per heavy atom. The van der Waals surface area contributed by atoms with Gasteiger partial charge in [-0.1, -0.05) is 18.2 Å². The van der Waals surface area contributed by atoms with E-state index in [-0.39, 0.29) is 24.0 Å². The van der Waals surface area contributed by atoms with E-state index in [9.17, 15) is 8.42 Å². The Morgan fingerprint density at radius 3 is 2.62 bits per heavy atom. The van der Waals surface area contributed by atoms with Crippen LogP contribution in [0.25, 0.3) is 0 Å². The Morgan fingerprint density at radius 2 is 2.04 bits per heavy atom. The summed E-state index contributed by atoms with van der Waals surface area (Å²) in [6.45, 7) is 3.08. The SMILES string of the molecule is CN=C(NCc1ccccc1NS(C)(=O)=O)N(C)Cc1csc(C)n1.I. The van der Waals surface area contributed by atoms with Crippen molar-refractivity contribution in [2.45, 2.75) is 20.0 Å². The van der Waals surface area contributed by atoms with Crippen molar-refractivity contribution in [3.8, 4) is 0 Å². The van der Waals surface area contributed by atoms with Gasteiger partial charge in [-0.3, -0.25) is 9.71 Å². The van der Waals surface area contributed by atoms with Crippen LogP contribution in [0.4, 0.5) is 5.69 Å². The summed E-state index contributed by atoms with van der Waals surface area (Å²) in [5.74, 6) is 0.708. The van der Waals surface area contributed by atoms with Crippen LogP contribution >= 0.6 is 35.3 Å². The van der Waals surface area contributed by atoms with Crippen molar-refractivity contribution in [3.05, 3.63) is 45.9 Å². The lowest BCUT2D eigenvalue weighted by Crippen LogP contribution is -2.38. The molecular formula is C16H24IN5O2S2. The molecule has 26 heavy (non-hydrogen) atoms. The van der Waals surface area contributed by atoms with Crippen molar-refractivity contribution in [3.63, 3.8) is 0 Å². The van der Waals surface area contributed by atoms with Crippen molar-refractivity contribution < 1.29 is 8.42 Å². The standard InChI is InChI=1S/C16H23N5O2S2.HI/c1-12-19-14(11-24-12)10-21(3)16(17-2)18-9-13-7-5-6-8-15(13)20-25(4,22)23;/h5-8,11,20H,9-10H2,1-4H3,(H,17,18);1H. The number of nitrogens with zero attached hydrogens (tertiary/aromatic N) is 3. The van der Waals surface area contributed by atoms with Crippen LogP contribution in [-0.4, -0.2) is 44.6 Å². The van der Waals surface area contributed by atoms with Gasteiger partial charge >= 0.3 is 0 Å². The second-order valence-corrected chi connectivity index (χ2v) is 8.46. The average molecular weight is 509 g/mol. The Balaban J connectivity index is 0.00000338. The first-order valence-corrected chi connectivity index (χ1v) is 10.4. The zero-order valence-corrected chi connectivity index (χ0v) is 19.1. The topological polar surface area (TPSA) is 86.7 Å². The molecule has 0 amide bonds. The molecule has 2 N–H and O–H groups in total. The van der Waals surface area contributed by atoms with Crippen molar-refractivity contribution in [1.82, 2.24) is 15.2 Å². The molecule has 1 aromatic heterocycles. The molecule has 1 aromatic carbocycles. The minimum absolute atomic E-state index is 0. The van der Waals surface area contributed by atoms with Gasteiger partial charge in [-0.2, -0.15) is 0 Å². The number of halogens is 1. The minimum atomic E-state index is -3.32. The molecule has 144 valence electrons. The highest BCUT2D eigenvalue weighted by Gasteiger charge is 2.11. The summed E-state index contributed by atoms with van der Waals surface area (Å²) in [5, 5.41) is 6.32. The van der Waals surface area contributed by atoms with Crippen LogP contribution in [0.15, 0.2) is 34.6 Å². The van der Waals surface area contributed by atoms with Gasteiger partial charge in [-0.05, 0) is 18.6 Å². The number of hydrogen-bond donors (Lipinski definition) is 2. The van der Waals surface area contributed by atoms with Gasteiger partial charge in [0.1, 0.15) is 0 Å². The van der Waals surface area contributed by atoms with Crippen LogP contribution in [0.5, 0.6) is 0 Å². The minimum Gasteiger partial charge on any atom is -0.352 e. The lowest BCUT2D eigenvalue weighted by Gasteiger charge is -2.22. The Hall–Kier alpha value is -1.40. The predicted molar refractivity (Wildman–Crippen MR) is 119 cm³/mol. The molecule has 0 aliphatic heterocycles. The molecule has 1 heterocycles. The highest BCUT2D eigenvalue weighted by atomic mass is 127. The second kappa shape index (κ2) is 10.1.